The molecule has 0 aromatic carbocycles. The minimum absolute atomic E-state index is 0.0123. The molecule has 4 nitrogen and oxygen atoms in total. The summed E-state index contributed by atoms with van der Waals surface area (Å²) in [6.07, 6.45) is 2.79. The molecule has 0 aromatic rings. The second-order valence-corrected chi connectivity index (χ2v) is 4.19. The van der Waals surface area contributed by atoms with Crippen LogP contribution in [0.15, 0.2) is 0 Å². The van der Waals surface area contributed by atoms with Gasteiger partial charge in [0.25, 0.3) is 0 Å². The fourth-order valence-electron chi connectivity index (χ4n) is 1.28. The number of carbonyl (C=O) groups excluding carboxylic acids is 1. The van der Waals surface area contributed by atoms with E-state index in [1.165, 1.54) is 0 Å². The van der Waals surface area contributed by atoms with Crippen LogP contribution in [-0.2, 0) is 9.53 Å². The molecule has 1 amide bonds. The summed E-state index contributed by atoms with van der Waals surface area (Å²) in [5.74, 6) is 1.10. The molecule has 0 bridgehead atoms. The van der Waals surface area contributed by atoms with Crippen LogP contribution in [0.4, 0.5) is 0 Å². The lowest BCUT2D eigenvalue weighted by Gasteiger charge is -2.22. The molecule has 1 aliphatic heterocycles. The first kappa shape index (κ1) is 11.8. The van der Waals surface area contributed by atoms with Gasteiger partial charge in [-0.05, 0) is 18.4 Å². The van der Waals surface area contributed by atoms with Crippen LogP contribution in [0.3, 0.4) is 0 Å². The molecule has 82 valence electrons. The zero-order valence-corrected chi connectivity index (χ0v) is 9.36. The van der Waals surface area contributed by atoms with Crippen molar-refractivity contribution in [1.29, 1.82) is 0 Å². The van der Waals surface area contributed by atoms with Crippen LogP contribution in [0.25, 0.3) is 0 Å². The average Bonchev–Trinajstić information content (AvgIpc) is 2.25. The molecular formula is C9H18N2O2S. The first-order valence-corrected chi connectivity index (χ1v) is 6.33. The van der Waals surface area contributed by atoms with Gasteiger partial charge in [-0.1, -0.05) is 0 Å². The van der Waals surface area contributed by atoms with Gasteiger partial charge in [0.05, 0.1) is 6.61 Å². The number of amides is 1. The molecule has 0 unspecified atom stereocenters. The van der Waals surface area contributed by atoms with E-state index in [1.807, 2.05) is 0 Å². The van der Waals surface area contributed by atoms with Crippen molar-refractivity contribution in [3.63, 3.8) is 0 Å². The molecule has 5 heteroatoms. The number of thioether (sulfide) groups is 1. The SMILES string of the molecule is CSCCCNC(=O)[C@@H]1CNCCO1. The second-order valence-electron chi connectivity index (χ2n) is 3.20. The van der Waals surface area contributed by atoms with Crippen LogP contribution in [0.1, 0.15) is 6.42 Å². The van der Waals surface area contributed by atoms with E-state index in [0.717, 1.165) is 25.3 Å². The summed E-state index contributed by atoms with van der Waals surface area (Å²) in [4.78, 5) is 11.5. The average molecular weight is 218 g/mol. The summed E-state index contributed by atoms with van der Waals surface area (Å²) in [7, 11) is 0. The van der Waals surface area contributed by atoms with Crippen molar-refractivity contribution in [3.8, 4) is 0 Å². The molecule has 1 atom stereocenters. The standard InChI is InChI=1S/C9H18N2O2S/c1-14-6-2-3-11-9(12)8-7-10-4-5-13-8/h8,10H,2-7H2,1H3,(H,11,12)/t8-/m0/s1. The highest BCUT2D eigenvalue weighted by Gasteiger charge is 2.20. The highest BCUT2D eigenvalue weighted by molar-refractivity contribution is 7.98. The Morgan fingerprint density at radius 1 is 1.71 bits per heavy atom. The summed E-state index contributed by atoms with van der Waals surface area (Å²) < 4.78 is 5.32. The summed E-state index contributed by atoms with van der Waals surface area (Å²) in [6, 6.07) is 0. The van der Waals surface area contributed by atoms with Gasteiger partial charge in [0.15, 0.2) is 0 Å². The molecule has 0 spiro atoms. The zero-order valence-electron chi connectivity index (χ0n) is 8.54. The van der Waals surface area contributed by atoms with Crippen molar-refractivity contribution in [2.75, 3.05) is 38.2 Å². The Morgan fingerprint density at radius 2 is 2.57 bits per heavy atom. The van der Waals surface area contributed by atoms with Crippen molar-refractivity contribution in [3.05, 3.63) is 0 Å². The maximum Gasteiger partial charge on any atom is 0.250 e. The number of hydrogen-bond donors (Lipinski definition) is 2. The molecule has 1 saturated heterocycles. The normalized spacial score (nSPS) is 21.9. The van der Waals surface area contributed by atoms with Crippen LogP contribution >= 0.6 is 11.8 Å². The number of morpholine rings is 1. The molecule has 0 aliphatic carbocycles. The Kier molecular flexibility index (Phi) is 5.98. The number of nitrogens with one attached hydrogen (secondary N) is 2. The minimum Gasteiger partial charge on any atom is -0.366 e. The van der Waals surface area contributed by atoms with Crippen molar-refractivity contribution >= 4 is 17.7 Å². The Hall–Kier alpha value is -0.260. The smallest absolute Gasteiger partial charge is 0.250 e. The first-order chi connectivity index (χ1) is 6.84. The lowest BCUT2D eigenvalue weighted by Crippen LogP contribution is -2.48. The lowest BCUT2D eigenvalue weighted by atomic mass is 10.3. The summed E-state index contributed by atoms with van der Waals surface area (Å²) >= 11 is 1.79. The summed E-state index contributed by atoms with van der Waals surface area (Å²) in [6.45, 7) is 2.85. The molecule has 0 aromatic heterocycles. The predicted molar refractivity (Wildman–Crippen MR) is 58.6 cm³/mol. The van der Waals surface area contributed by atoms with E-state index >= 15 is 0 Å². The molecule has 0 saturated carbocycles. The number of carbonyl (C=O) groups is 1. The Labute approximate surface area is 89.2 Å². The lowest BCUT2D eigenvalue weighted by molar-refractivity contribution is -0.134. The number of ether oxygens (including phenoxy) is 1. The monoisotopic (exact) mass is 218 g/mol. The summed E-state index contributed by atoms with van der Waals surface area (Å²) in [5, 5.41) is 6.00. The van der Waals surface area contributed by atoms with Crippen LogP contribution in [0.5, 0.6) is 0 Å². The van der Waals surface area contributed by atoms with Gasteiger partial charge in [-0.2, -0.15) is 11.8 Å². The summed E-state index contributed by atoms with van der Waals surface area (Å²) in [5.41, 5.74) is 0. The second kappa shape index (κ2) is 7.09. The van der Waals surface area contributed by atoms with Crippen molar-refractivity contribution in [2.24, 2.45) is 0 Å². The van der Waals surface area contributed by atoms with Gasteiger partial charge in [-0.25, -0.2) is 0 Å². The van der Waals surface area contributed by atoms with Crippen LogP contribution < -0.4 is 10.6 Å². The molecular weight excluding hydrogens is 200 g/mol. The van der Waals surface area contributed by atoms with Crippen LogP contribution in [-0.4, -0.2) is 50.3 Å². The van der Waals surface area contributed by atoms with Crippen molar-refractivity contribution in [2.45, 2.75) is 12.5 Å². The van der Waals surface area contributed by atoms with Gasteiger partial charge in [0, 0.05) is 19.6 Å². The largest absolute Gasteiger partial charge is 0.366 e. The Morgan fingerprint density at radius 3 is 3.21 bits per heavy atom. The zero-order chi connectivity index (χ0) is 10.2. The van der Waals surface area contributed by atoms with Gasteiger partial charge < -0.3 is 15.4 Å². The molecule has 0 radical (unpaired) electrons. The van der Waals surface area contributed by atoms with E-state index < -0.39 is 0 Å². The third-order valence-corrected chi connectivity index (χ3v) is 2.74. The van der Waals surface area contributed by atoms with Crippen LogP contribution in [0.2, 0.25) is 0 Å². The third kappa shape index (κ3) is 4.30. The maximum atomic E-state index is 11.5. The fourth-order valence-corrected chi connectivity index (χ4v) is 1.71. The fraction of sp³-hybridized carbons (Fsp3) is 0.889. The molecule has 14 heavy (non-hydrogen) atoms. The Bertz CT molecular complexity index is 172. The molecule has 2 N–H and O–H groups in total. The molecule has 1 rings (SSSR count). The van der Waals surface area contributed by atoms with E-state index in [9.17, 15) is 4.79 Å². The highest BCUT2D eigenvalue weighted by Crippen LogP contribution is 1.97. The van der Waals surface area contributed by atoms with E-state index in [-0.39, 0.29) is 12.0 Å². The van der Waals surface area contributed by atoms with Gasteiger partial charge in [-0.15, -0.1) is 0 Å². The van der Waals surface area contributed by atoms with Gasteiger partial charge in [-0.3, -0.25) is 4.79 Å². The molecule has 1 aliphatic rings. The minimum atomic E-state index is -0.293. The topological polar surface area (TPSA) is 50.4 Å². The number of hydrogen-bond acceptors (Lipinski definition) is 4. The van der Waals surface area contributed by atoms with Gasteiger partial charge >= 0.3 is 0 Å². The quantitative estimate of drug-likeness (QED) is 0.630. The number of rotatable bonds is 5. The molecule has 1 fully saturated rings. The predicted octanol–water partition coefficient (Wildman–Crippen LogP) is -0.156. The van der Waals surface area contributed by atoms with Gasteiger partial charge in [0.2, 0.25) is 5.91 Å². The highest BCUT2D eigenvalue weighted by atomic mass is 32.2. The van der Waals surface area contributed by atoms with E-state index in [1.54, 1.807) is 11.8 Å². The van der Waals surface area contributed by atoms with E-state index in [4.69, 9.17) is 4.74 Å². The van der Waals surface area contributed by atoms with Gasteiger partial charge in [0.1, 0.15) is 6.10 Å². The maximum absolute atomic E-state index is 11.5. The van der Waals surface area contributed by atoms with E-state index in [0.29, 0.717) is 13.2 Å². The third-order valence-electron chi connectivity index (χ3n) is 2.04. The molecule has 1 heterocycles. The van der Waals surface area contributed by atoms with Crippen LogP contribution in [0, 0.1) is 0 Å². The first-order valence-electron chi connectivity index (χ1n) is 4.93. The van der Waals surface area contributed by atoms with Crippen molar-refractivity contribution in [1.82, 2.24) is 10.6 Å². The van der Waals surface area contributed by atoms with E-state index in [2.05, 4.69) is 16.9 Å². The van der Waals surface area contributed by atoms with Crippen molar-refractivity contribution < 1.29 is 9.53 Å². The Balaban J connectivity index is 2.07.